The highest BCUT2D eigenvalue weighted by atomic mass is 32.1. The topological polar surface area (TPSA) is 69.6 Å². The Morgan fingerprint density at radius 2 is 2.19 bits per heavy atom. The van der Waals surface area contributed by atoms with E-state index in [1.165, 1.54) is 0 Å². The molecule has 2 fully saturated rings. The number of likely N-dealkylation sites (tertiary alicyclic amines) is 1. The minimum absolute atomic E-state index is 0.0683. The molecular formula is C19H24N4O2S. The SMILES string of the molecule is O=C(Cc1ccsc1)N1CCC2(CC1)CN(c1ccncn1)CC2CO. The smallest absolute Gasteiger partial charge is 0.227 e. The number of thiophene rings is 1. The first-order chi connectivity index (χ1) is 12.7. The van der Waals surface area contributed by atoms with Crippen molar-refractivity contribution >= 4 is 23.1 Å². The van der Waals surface area contributed by atoms with Crippen LogP contribution in [0.25, 0.3) is 0 Å². The number of anilines is 1. The van der Waals surface area contributed by atoms with E-state index in [0.717, 1.165) is 50.4 Å². The van der Waals surface area contributed by atoms with Gasteiger partial charge in [0.2, 0.25) is 5.91 Å². The molecule has 2 aromatic rings. The molecule has 0 aliphatic carbocycles. The van der Waals surface area contributed by atoms with Gasteiger partial charge in [-0.25, -0.2) is 9.97 Å². The zero-order chi connectivity index (χ0) is 18.0. The van der Waals surface area contributed by atoms with Crippen LogP contribution < -0.4 is 4.90 Å². The molecule has 138 valence electrons. The van der Waals surface area contributed by atoms with Crippen molar-refractivity contribution < 1.29 is 9.90 Å². The lowest BCUT2D eigenvalue weighted by molar-refractivity contribution is -0.133. The van der Waals surface area contributed by atoms with Crippen LogP contribution in [-0.4, -0.2) is 58.7 Å². The zero-order valence-corrected chi connectivity index (χ0v) is 15.6. The molecule has 4 rings (SSSR count). The molecule has 7 heteroatoms. The van der Waals surface area contributed by atoms with Crippen molar-refractivity contribution in [2.24, 2.45) is 11.3 Å². The Hall–Kier alpha value is -1.99. The number of aliphatic hydroxyl groups is 1. The summed E-state index contributed by atoms with van der Waals surface area (Å²) >= 11 is 1.63. The van der Waals surface area contributed by atoms with E-state index >= 15 is 0 Å². The lowest BCUT2D eigenvalue weighted by atomic mass is 9.71. The molecule has 1 atom stereocenters. The van der Waals surface area contributed by atoms with Crippen LogP contribution in [0.1, 0.15) is 18.4 Å². The Morgan fingerprint density at radius 3 is 2.85 bits per heavy atom. The molecule has 6 nitrogen and oxygen atoms in total. The van der Waals surface area contributed by atoms with Crippen molar-refractivity contribution in [3.63, 3.8) is 0 Å². The Kier molecular flexibility index (Phi) is 4.91. The van der Waals surface area contributed by atoms with Gasteiger partial charge in [-0.15, -0.1) is 0 Å². The number of piperidine rings is 1. The summed E-state index contributed by atoms with van der Waals surface area (Å²) in [6.45, 7) is 3.44. The van der Waals surface area contributed by atoms with Gasteiger partial charge in [0.15, 0.2) is 0 Å². The Bertz CT molecular complexity index is 729. The normalized spacial score (nSPS) is 22.1. The number of carbonyl (C=O) groups excluding carboxylic acids is 1. The van der Waals surface area contributed by atoms with Crippen LogP contribution in [0.15, 0.2) is 35.4 Å². The van der Waals surface area contributed by atoms with Crippen molar-refractivity contribution in [2.75, 3.05) is 37.7 Å². The lowest BCUT2D eigenvalue weighted by Gasteiger charge is -2.42. The highest BCUT2D eigenvalue weighted by Gasteiger charge is 2.48. The number of aromatic nitrogens is 2. The van der Waals surface area contributed by atoms with Crippen LogP contribution in [-0.2, 0) is 11.2 Å². The minimum atomic E-state index is 0.0683. The van der Waals surface area contributed by atoms with Crippen molar-refractivity contribution in [3.8, 4) is 0 Å². The summed E-state index contributed by atoms with van der Waals surface area (Å²) in [4.78, 5) is 25.2. The van der Waals surface area contributed by atoms with Crippen LogP contribution >= 0.6 is 11.3 Å². The third-order valence-electron chi connectivity index (χ3n) is 5.97. The number of rotatable bonds is 4. The first-order valence-electron chi connectivity index (χ1n) is 9.11. The number of aliphatic hydroxyl groups excluding tert-OH is 1. The van der Waals surface area contributed by atoms with Gasteiger partial charge in [0, 0.05) is 44.9 Å². The number of amides is 1. The maximum atomic E-state index is 12.6. The molecule has 4 heterocycles. The van der Waals surface area contributed by atoms with Gasteiger partial charge in [0.1, 0.15) is 12.1 Å². The van der Waals surface area contributed by atoms with E-state index in [4.69, 9.17) is 0 Å². The number of hydrogen-bond donors (Lipinski definition) is 1. The molecular weight excluding hydrogens is 348 g/mol. The average molecular weight is 372 g/mol. The van der Waals surface area contributed by atoms with Crippen molar-refractivity contribution in [1.82, 2.24) is 14.9 Å². The van der Waals surface area contributed by atoms with Crippen molar-refractivity contribution in [3.05, 3.63) is 41.0 Å². The first-order valence-corrected chi connectivity index (χ1v) is 10.1. The summed E-state index contributed by atoms with van der Waals surface area (Å²) in [6, 6.07) is 3.94. The van der Waals surface area contributed by atoms with Gasteiger partial charge in [-0.2, -0.15) is 11.3 Å². The fourth-order valence-electron chi connectivity index (χ4n) is 4.38. The van der Waals surface area contributed by atoms with E-state index in [9.17, 15) is 9.90 Å². The van der Waals surface area contributed by atoms with Crippen LogP contribution in [0.4, 0.5) is 5.82 Å². The Balaban J connectivity index is 1.41. The fraction of sp³-hybridized carbons (Fsp3) is 0.526. The molecule has 26 heavy (non-hydrogen) atoms. The summed E-state index contributed by atoms with van der Waals surface area (Å²) in [5.74, 6) is 1.36. The molecule has 0 bridgehead atoms. The molecule has 1 N–H and O–H groups in total. The number of carbonyl (C=O) groups is 1. The third kappa shape index (κ3) is 3.33. The Morgan fingerprint density at radius 1 is 1.35 bits per heavy atom. The van der Waals surface area contributed by atoms with Crippen LogP contribution in [0.3, 0.4) is 0 Å². The van der Waals surface area contributed by atoms with Crippen molar-refractivity contribution in [1.29, 1.82) is 0 Å². The maximum absolute atomic E-state index is 12.6. The minimum Gasteiger partial charge on any atom is -0.396 e. The molecule has 2 saturated heterocycles. The van der Waals surface area contributed by atoms with E-state index in [1.54, 1.807) is 23.9 Å². The van der Waals surface area contributed by atoms with Crippen LogP contribution in [0.2, 0.25) is 0 Å². The molecule has 1 unspecified atom stereocenters. The van der Waals surface area contributed by atoms with E-state index in [0.29, 0.717) is 6.42 Å². The largest absolute Gasteiger partial charge is 0.396 e. The fourth-order valence-corrected chi connectivity index (χ4v) is 5.05. The monoisotopic (exact) mass is 372 g/mol. The van der Waals surface area contributed by atoms with E-state index in [-0.39, 0.29) is 23.8 Å². The van der Waals surface area contributed by atoms with Crippen LogP contribution in [0.5, 0.6) is 0 Å². The van der Waals surface area contributed by atoms with Crippen LogP contribution in [0, 0.1) is 11.3 Å². The summed E-state index contributed by atoms with van der Waals surface area (Å²) in [5.41, 5.74) is 1.17. The van der Waals surface area contributed by atoms with Gasteiger partial charge in [0.25, 0.3) is 0 Å². The summed E-state index contributed by atoms with van der Waals surface area (Å²) in [5, 5.41) is 14.0. The van der Waals surface area contributed by atoms with Gasteiger partial charge in [-0.3, -0.25) is 4.79 Å². The third-order valence-corrected chi connectivity index (χ3v) is 6.70. The molecule has 1 spiro atoms. The highest BCUT2D eigenvalue weighted by Crippen LogP contribution is 2.45. The quantitative estimate of drug-likeness (QED) is 0.887. The molecule has 0 saturated carbocycles. The second-order valence-electron chi connectivity index (χ2n) is 7.38. The lowest BCUT2D eigenvalue weighted by Crippen LogP contribution is -2.47. The van der Waals surface area contributed by atoms with E-state index in [2.05, 4.69) is 14.9 Å². The average Bonchev–Trinajstić information content (AvgIpc) is 3.31. The second-order valence-corrected chi connectivity index (χ2v) is 8.16. The summed E-state index contributed by atoms with van der Waals surface area (Å²) in [7, 11) is 0. The van der Waals surface area contributed by atoms with Gasteiger partial charge in [0.05, 0.1) is 6.42 Å². The van der Waals surface area contributed by atoms with Gasteiger partial charge < -0.3 is 14.9 Å². The van der Waals surface area contributed by atoms with E-state index in [1.807, 2.05) is 27.8 Å². The van der Waals surface area contributed by atoms with Gasteiger partial charge in [-0.1, -0.05) is 0 Å². The second kappa shape index (κ2) is 7.32. The highest BCUT2D eigenvalue weighted by molar-refractivity contribution is 7.08. The molecule has 0 aromatic carbocycles. The molecule has 0 radical (unpaired) electrons. The predicted octanol–water partition coefficient (Wildman–Crippen LogP) is 1.82. The van der Waals surface area contributed by atoms with Gasteiger partial charge in [-0.05, 0) is 46.7 Å². The predicted molar refractivity (Wildman–Crippen MR) is 101 cm³/mol. The summed E-state index contributed by atoms with van der Waals surface area (Å²) in [6.07, 6.45) is 5.70. The standard InChI is InChI=1S/C19H24N4O2S/c24-11-16-10-23(17-1-5-20-14-21-17)13-19(16)3-6-22(7-4-19)18(25)9-15-2-8-26-12-15/h1-2,5,8,12,14,16,24H,3-4,6-7,9-11,13H2. The molecule has 2 aliphatic heterocycles. The Labute approximate surface area is 157 Å². The maximum Gasteiger partial charge on any atom is 0.227 e. The molecule has 2 aliphatic rings. The zero-order valence-electron chi connectivity index (χ0n) is 14.8. The molecule has 2 aromatic heterocycles. The number of hydrogen-bond acceptors (Lipinski definition) is 6. The molecule has 1 amide bonds. The summed E-state index contributed by atoms with van der Waals surface area (Å²) < 4.78 is 0. The first kappa shape index (κ1) is 17.4. The van der Waals surface area contributed by atoms with E-state index < -0.39 is 0 Å². The van der Waals surface area contributed by atoms with Crippen molar-refractivity contribution in [2.45, 2.75) is 19.3 Å². The van der Waals surface area contributed by atoms with Gasteiger partial charge >= 0.3 is 0 Å². The number of nitrogens with zero attached hydrogens (tertiary/aromatic N) is 4.